The van der Waals surface area contributed by atoms with E-state index in [1.165, 1.54) is 51.4 Å². The minimum absolute atomic E-state index is 0.391. The van der Waals surface area contributed by atoms with E-state index in [1.54, 1.807) is 6.20 Å². The first-order valence-corrected chi connectivity index (χ1v) is 6.90. The summed E-state index contributed by atoms with van der Waals surface area (Å²) in [4.78, 5) is 8.09. The second-order valence-corrected chi connectivity index (χ2v) is 4.63. The van der Waals surface area contributed by atoms with E-state index in [4.69, 9.17) is 5.73 Å². The molecule has 1 rings (SSSR count). The minimum Gasteiger partial charge on any atom is -0.368 e. The highest BCUT2D eigenvalue weighted by Gasteiger charge is 1.96. The van der Waals surface area contributed by atoms with E-state index in [0.717, 1.165) is 12.1 Å². The van der Waals surface area contributed by atoms with Crippen LogP contribution in [0.1, 0.15) is 64.0 Å². The van der Waals surface area contributed by atoms with Gasteiger partial charge < -0.3 is 5.73 Å². The molecule has 0 aromatic carbocycles. The molecule has 1 aromatic heterocycles. The third-order valence-electron chi connectivity index (χ3n) is 3.02. The fourth-order valence-electron chi connectivity index (χ4n) is 1.99. The molecule has 0 aliphatic heterocycles. The van der Waals surface area contributed by atoms with Gasteiger partial charge >= 0.3 is 0 Å². The van der Waals surface area contributed by atoms with Gasteiger partial charge in [0.25, 0.3) is 0 Å². The van der Waals surface area contributed by atoms with Crippen molar-refractivity contribution in [2.45, 2.75) is 64.7 Å². The van der Waals surface area contributed by atoms with Gasteiger partial charge in [-0.2, -0.15) is 0 Å². The van der Waals surface area contributed by atoms with Crippen LogP contribution < -0.4 is 5.73 Å². The van der Waals surface area contributed by atoms with Gasteiger partial charge in [-0.25, -0.2) is 9.97 Å². The van der Waals surface area contributed by atoms with Gasteiger partial charge in [0.1, 0.15) is 0 Å². The first-order valence-electron chi connectivity index (χ1n) is 6.90. The van der Waals surface area contributed by atoms with E-state index in [2.05, 4.69) is 16.9 Å². The Morgan fingerprint density at radius 2 is 1.65 bits per heavy atom. The zero-order valence-electron chi connectivity index (χ0n) is 11.0. The normalized spacial score (nSPS) is 10.6. The fourth-order valence-corrected chi connectivity index (χ4v) is 1.99. The lowest BCUT2D eigenvalue weighted by molar-refractivity contribution is 0.574. The van der Waals surface area contributed by atoms with E-state index in [-0.39, 0.29) is 0 Å². The molecule has 96 valence electrons. The van der Waals surface area contributed by atoms with E-state index in [9.17, 15) is 0 Å². The molecule has 1 heterocycles. The van der Waals surface area contributed by atoms with Crippen LogP contribution in [-0.4, -0.2) is 9.97 Å². The van der Waals surface area contributed by atoms with Crippen molar-refractivity contribution in [3.05, 3.63) is 18.0 Å². The molecule has 17 heavy (non-hydrogen) atoms. The number of aryl methyl sites for hydroxylation is 1. The molecule has 0 aliphatic rings. The van der Waals surface area contributed by atoms with E-state index in [0.29, 0.717) is 5.95 Å². The van der Waals surface area contributed by atoms with Gasteiger partial charge in [0.05, 0.1) is 0 Å². The third-order valence-corrected chi connectivity index (χ3v) is 3.02. The Morgan fingerprint density at radius 1 is 1.00 bits per heavy atom. The molecule has 0 unspecified atom stereocenters. The molecule has 3 heteroatoms. The quantitative estimate of drug-likeness (QED) is 0.663. The van der Waals surface area contributed by atoms with Gasteiger partial charge in [-0.05, 0) is 18.9 Å². The van der Waals surface area contributed by atoms with Gasteiger partial charge in [-0.1, -0.05) is 51.9 Å². The van der Waals surface area contributed by atoms with Gasteiger partial charge in [0, 0.05) is 11.9 Å². The summed E-state index contributed by atoms with van der Waals surface area (Å²) in [5, 5.41) is 0. The molecule has 0 radical (unpaired) electrons. The highest BCUT2D eigenvalue weighted by atomic mass is 15.0. The molecule has 2 N–H and O–H groups in total. The zero-order valence-corrected chi connectivity index (χ0v) is 11.0. The van der Waals surface area contributed by atoms with Crippen LogP contribution >= 0.6 is 0 Å². The van der Waals surface area contributed by atoms with E-state index >= 15 is 0 Å². The molecule has 0 bridgehead atoms. The number of aromatic nitrogens is 2. The number of nitrogens with zero attached hydrogens (tertiary/aromatic N) is 2. The third kappa shape index (κ3) is 6.93. The van der Waals surface area contributed by atoms with Crippen molar-refractivity contribution < 1.29 is 0 Å². The van der Waals surface area contributed by atoms with Crippen molar-refractivity contribution in [1.29, 1.82) is 0 Å². The Kier molecular flexibility index (Phi) is 7.35. The highest BCUT2D eigenvalue weighted by molar-refractivity contribution is 5.17. The maximum atomic E-state index is 5.53. The Hall–Kier alpha value is -1.12. The number of rotatable bonds is 9. The Morgan fingerprint density at radius 3 is 2.29 bits per heavy atom. The number of anilines is 1. The van der Waals surface area contributed by atoms with Crippen molar-refractivity contribution in [2.75, 3.05) is 5.73 Å². The maximum Gasteiger partial charge on any atom is 0.220 e. The summed E-state index contributed by atoms with van der Waals surface area (Å²) in [5.41, 5.74) is 6.61. The monoisotopic (exact) mass is 235 g/mol. The summed E-state index contributed by atoms with van der Waals surface area (Å²) >= 11 is 0. The lowest BCUT2D eigenvalue weighted by Gasteiger charge is -2.02. The zero-order chi connectivity index (χ0) is 12.3. The Balaban J connectivity index is 1.97. The molecule has 0 aliphatic carbocycles. The number of nitrogens with two attached hydrogens (primary N) is 1. The van der Waals surface area contributed by atoms with Crippen LogP contribution in [0.5, 0.6) is 0 Å². The lowest BCUT2D eigenvalue weighted by atomic mass is 10.1. The molecule has 0 fully saturated rings. The topological polar surface area (TPSA) is 51.8 Å². The minimum atomic E-state index is 0.391. The molecule has 0 atom stereocenters. The van der Waals surface area contributed by atoms with Crippen molar-refractivity contribution in [3.8, 4) is 0 Å². The van der Waals surface area contributed by atoms with Gasteiger partial charge in [-0.3, -0.25) is 0 Å². The molecule has 0 saturated heterocycles. The number of hydrogen-bond acceptors (Lipinski definition) is 3. The highest BCUT2D eigenvalue weighted by Crippen LogP contribution is 2.10. The predicted molar refractivity (Wildman–Crippen MR) is 72.8 cm³/mol. The standard InChI is InChI=1S/C14H25N3/c1-2-3-4-5-6-7-8-9-10-13-11-12-16-14(15)17-13/h11-12H,2-10H2,1H3,(H2,15,16,17). The van der Waals surface area contributed by atoms with Gasteiger partial charge in [-0.15, -0.1) is 0 Å². The van der Waals surface area contributed by atoms with Crippen LogP contribution in [0.4, 0.5) is 5.95 Å². The summed E-state index contributed by atoms with van der Waals surface area (Å²) in [5.74, 6) is 0.391. The van der Waals surface area contributed by atoms with Crippen molar-refractivity contribution in [2.24, 2.45) is 0 Å². The van der Waals surface area contributed by atoms with Crippen LogP contribution in [0.3, 0.4) is 0 Å². The van der Waals surface area contributed by atoms with Crippen LogP contribution in [0.25, 0.3) is 0 Å². The lowest BCUT2D eigenvalue weighted by Crippen LogP contribution is -1.98. The van der Waals surface area contributed by atoms with E-state index < -0.39 is 0 Å². The Labute approximate surface area is 105 Å². The van der Waals surface area contributed by atoms with Crippen molar-refractivity contribution >= 4 is 5.95 Å². The molecule has 0 amide bonds. The summed E-state index contributed by atoms with van der Waals surface area (Å²) in [6.07, 6.45) is 13.5. The van der Waals surface area contributed by atoms with Crippen LogP contribution in [0.2, 0.25) is 0 Å². The van der Waals surface area contributed by atoms with Gasteiger partial charge in [0.2, 0.25) is 5.95 Å². The van der Waals surface area contributed by atoms with E-state index in [1.807, 2.05) is 6.07 Å². The second-order valence-electron chi connectivity index (χ2n) is 4.63. The average Bonchev–Trinajstić information content (AvgIpc) is 2.33. The second kappa shape index (κ2) is 8.97. The molecule has 1 aromatic rings. The van der Waals surface area contributed by atoms with Crippen LogP contribution in [-0.2, 0) is 6.42 Å². The largest absolute Gasteiger partial charge is 0.368 e. The fraction of sp³-hybridized carbons (Fsp3) is 0.714. The first kappa shape index (κ1) is 13.9. The number of unbranched alkanes of at least 4 members (excludes halogenated alkanes) is 7. The predicted octanol–water partition coefficient (Wildman–Crippen LogP) is 3.74. The van der Waals surface area contributed by atoms with Crippen LogP contribution in [0, 0.1) is 0 Å². The summed E-state index contributed by atoms with van der Waals surface area (Å²) in [7, 11) is 0. The van der Waals surface area contributed by atoms with Crippen LogP contribution in [0.15, 0.2) is 12.3 Å². The summed E-state index contributed by atoms with van der Waals surface area (Å²) in [6, 6.07) is 1.96. The van der Waals surface area contributed by atoms with Gasteiger partial charge in [0.15, 0.2) is 0 Å². The summed E-state index contributed by atoms with van der Waals surface area (Å²) < 4.78 is 0. The van der Waals surface area contributed by atoms with Crippen molar-refractivity contribution in [3.63, 3.8) is 0 Å². The molecule has 0 saturated carbocycles. The first-order chi connectivity index (χ1) is 8.33. The average molecular weight is 235 g/mol. The SMILES string of the molecule is CCCCCCCCCCc1ccnc(N)n1. The van der Waals surface area contributed by atoms with Crippen molar-refractivity contribution in [1.82, 2.24) is 9.97 Å². The molecular weight excluding hydrogens is 210 g/mol. The molecule has 3 nitrogen and oxygen atoms in total. The maximum absolute atomic E-state index is 5.53. The number of hydrogen-bond donors (Lipinski definition) is 1. The molecular formula is C14H25N3. The molecule has 0 spiro atoms. The number of nitrogen functional groups attached to an aromatic ring is 1. The summed E-state index contributed by atoms with van der Waals surface area (Å²) in [6.45, 7) is 2.26. The Bertz CT molecular complexity index is 299. The smallest absolute Gasteiger partial charge is 0.220 e.